The summed E-state index contributed by atoms with van der Waals surface area (Å²) in [4.78, 5) is 45.7. The molecule has 2 atom stereocenters. The molecule has 194 valence electrons. The van der Waals surface area contributed by atoms with E-state index < -0.39 is 11.9 Å². The minimum Gasteiger partial charge on any atom is -0.482 e. The number of carboxylic acid groups (broad SMARTS) is 1. The minimum absolute atomic E-state index is 0.0265. The number of aromatic carboxylic acids is 1. The Morgan fingerprint density at radius 2 is 1.97 bits per heavy atom. The molecule has 4 heterocycles. The van der Waals surface area contributed by atoms with Gasteiger partial charge in [0.05, 0.1) is 11.2 Å². The Morgan fingerprint density at radius 1 is 1.14 bits per heavy atom. The Hall–Kier alpha value is -3.99. The summed E-state index contributed by atoms with van der Waals surface area (Å²) < 4.78 is 5.29. The van der Waals surface area contributed by atoms with Gasteiger partial charge in [-0.15, -0.1) is 0 Å². The van der Waals surface area contributed by atoms with Gasteiger partial charge >= 0.3 is 5.97 Å². The molecule has 0 radical (unpaired) electrons. The number of hydrogen-bond acceptors (Lipinski definition) is 7. The minimum atomic E-state index is -1.15. The fraction of sp³-hybridized carbons (Fsp3) is 0.423. The van der Waals surface area contributed by atoms with Crippen molar-refractivity contribution in [3.05, 3.63) is 47.5 Å². The second-order valence-electron chi connectivity index (χ2n) is 9.60. The second kappa shape index (κ2) is 11.0. The summed E-state index contributed by atoms with van der Waals surface area (Å²) in [5.74, 6) is 0.823. The van der Waals surface area contributed by atoms with Crippen molar-refractivity contribution in [1.29, 1.82) is 0 Å². The van der Waals surface area contributed by atoms with Crippen LogP contribution in [0.2, 0.25) is 0 Å². The number of carbonyl (C=O) groups excluding carboxylic acids is 2. The molecule has 2 amide bonds. The van der Waals surface area contributed by atoms with Gasteiger partial charge in [-0.05, 0) is 55.5 Å². The molecule has 5 N–H and O–H groups in total. The highest BCUT2D eigenvalue weighted by molar-refractivity contribution is 6.08. The molecule has 11 nitrogen and oxygen atoms in total. The van der Waals surface area contributed by atoms with E-state index in [1.807, 2.05) is 0 Å². The zero-order chi connectivity index (χ0) is 25.8. The van der Waals surface area contributed by atoms with Gasteiger partial charge in [-0.3, -0.25) is 9.59 Å². The molecule has 2 fully saturated rings. The quantitative estimate of drug-likeness (QED) is 0.361. The van der Waals surface area contributed by atoms with Gasteiger partial charge in [-0.2, -0.15) is 0 Å². The molecule has 2 aromatic heterocycles. The average molecular weight is 507 g/mol. The van der Waals surface area contributed by atoms with Gasteiger partial charge in [0, 0.05) is 12.7 Å². The Morgan fingerprint density at radius 3 is 2.78 bits per heavy atom. The smallest absolute Gasteiger partial charge is 0.339 e. The van der Waals surface area contributed by atoms with Crippen LogP contribution in [0.5, 0.6) is 5.75 Å². The molecule has 0 bridgehead atoms. The Labute approximate surface area is 213 Å². The molecule has 37 heavy (non-hydrogen) atoms. The first-order valence-corrected chi connectivity index (χ1v) is 12.6. The molecule has 1 saturated carbocycles. The van der Waals surface area contributed by atoms with Crippen LogP contribution in [-0.4, -0.2) is 57.5 Å². The SMILES string of the molecule is C1CC[C@@H]2CNCC[C@H]2C1.O=C1COc2ccc(CNC(=O)c3ncnc4c(C(=O)O)c[nH]c34)cc2N1. The number of amides is 2. The second-order valence-corrected chi connectivity index (χ2v) is 9.60. The van der Waals surface area contributed by atoms with Gasteiger partial charge in [0.25, 0.3) is 11.8 Å². The number of anilines is 1. The van der Waals surface area contributed by atoms with Crippen molar-refractivity contribution in [2.45, 2.75) is 38.6 Å². The summed E-state index contributed by atoms with van der Waals surface area (Å²) in [7, 11) is 0. The Balaban J connectivity index is 0.000000233. The zero-order valence-corrected chi connectivity index (χ0v) is 20.4. The number of nitrogens with zero attached hydrogens (tertiary/aromatic N) is 2. The van der Waals surface area contributed by atoms with E-state index in [0.29, 0.717) is 11.4 Å². The van der Waals surface area contributed by atoms with E-state index >= 15 is 0 Å². The number of carbonyl (C=O) groups is 3. The van der Waals surface area contributed by atoms with Crippen LogP contribution in [0.4, 0.5) is 5.69 Å². The maximum Gasteiger partial charge on any atom is 0.339 e. The van der Waals surface area contributed by atoms with E-state index in [2.05, 4.69) is 30.9 Å². The van der Waals surface area contributed by atoms with E-state index in [1.165, 1.54) is 51.4 Å². The molecule has 0 unspecified atom stereocenters. The van der Waals surface area contributed by atoms with Gasteiger partial charge in [-0.25, -0.2) is 14.8 Å². The van der Waals surface area contributed by atoms with Crippen LogP contribution in [0.15, 0.2) is 30.7 Å². The number of carboxylic acids is 1. The first-order chi connectivity index (χ1) is 18.0. The number of nitrogens with one attached hydrogen (secondary N) is 4. The molecular formula is C26H30N6O5. The summed E-state index contributed by atoms with van der Waals surface area (Å²) in [6, 6.07) is 5.19. The van der Waals surface area contributed by atoms with E-state index in [0.717, 1.165) is 23.7 Å². The maximum atomic E-state index is 12.5. The van der Waals surface area contributed by atoms with Crippen LogP contribution in [0.1, 0.15) is 58.5 Å². The largest absolute Gasteiger partial charge is 0.482 e. The number of fused-ring (bicyclic) bond motifs is 3. The van der Waals surface area contributed by atoms with Crippen LogP contribution < -0.4 is 20.7 Å². The van der Waals surface area contributed by atoms with Crippen molar-refractivity contribution in [1.82, 2.24) is 25.6 Å². The Kier molecular flexibility index (Phi) is 7.31. The summed E-state index contributed by atoms with van der Waals surface area (Å²) in [5.41, 5.74) is 1.71. The molecule has 1 aliphatic carbocycles. The highest BCUT2D eigenvalue weighted by atomic mass is 16.5. The number of piperidine rings is 1. The van der Waals surface area contributed by atoms with E-state index in [4.69, 9.17) is 9.84 Å². The number of H-pyrrole nitrogens is 1. The molecule has 0 spiro atoms. The summed E-state index contributed by atoms with van der Waals surface area (Å²) >= 11 is 0. The monoisotopic (exact) mass is 506 g/mol. The summed E-state index contributed by atoms with van der Waals surface area (Å²) in [5, 5.41) is 18.0. The molecule has 11 heteroatoms. The van der Waals surface area contributed by atoms with Gasteiger partial charge in [0.2, 0.25) is 0 Å². The lowest BCUT2D eigenvalue weighted by atomic mass is 9.76. The molecule has 3 aliphatic rings. The number of benzene rings is 1. The fourth-order valence-corrected chi connectivity index (χ4v) is 5.29. The summed E-state index contributed by atoms with van der Waals surface area (Å²) in [6.07, 6.45) is 9.87. The fourth-order valence-electron chi connectivity index (χ4n) is 5.29. The van der Waals surface area contributed by atoms with Crippen molar-refractivity contribution < 1.29 is 24.2 Å². The van der Waals surface area contributed by atoms with Crippen LogP contribution in [0.25, 0.3) is 11.0 Å². The third kappa shape index (κ3) is 5.56. The molecule has 1 saturated heterocycles. The topological polar surface area (TPSA) is 158 Å². The standard InChI is InChI=1S/C17H13N5O5.C9H17N/c23-12-6-27-11-2-1-8(3-10(11)22-12)4-19-16(24)15-14-13(20-7-21-15)9(5-18-14)17(25)26;1-2-4-9-7-10-6-5-8(9)3-1/h1-3,5,7,18H,4,6H2,(H,19,24)(H,22,23)(H,25,26);8-10H,1-7H2/t;8-,9-/m.1/s1. The Bertz CT molecular complexity index is 1300. The van der Waals surface area contributed by atoms with Crippen LogP contribution in [-0.2, 0) is 11.3 Å². The first-order valence-electron chi connectivity index (χ1n) is 12.6. The number of aromatic nitrogens is 3. The van der Waals surface area contributed by atoms with E-state index in [1.54, 1.807) is 18.2 Å². The van der Waals surface area contributed by atoms with Crippen LogP contribution >= 0.6 is 0 Å². The molecular weight excluding hydrogens is 476 g/mol. The molecule has 1 aromatic carbocycles. The van der Waals surface area contributed by atoms with Crippen LogP contribution in [0, 0.1) is 11.8 Å². The number of hydrogen-bond donors (Lipinski definition) is 5. The third-order valence-corrected chi connectivity index (χ3v) is 7.20. The lowest BCUT2D eigenvalue weighted by Gasteiger charge is -2.35. The van der Waals surface area contributed by atoms with Crippen molar-refractivity contribution in [2.24, 2.45) is 11.8 Å². The predicted octanol–water partition coefficient (Wildman–Crippen LogP) is 2.70. The zero-order valence-electron chi connectivity index (χ0n) is 20.4. The molecule has 3 aromatic rings. The van der Waals surface area contributed by atoms with Gasteiger partial charge in [0.15, 0.2) is 12.3 Å². The lowest BCUT2D eigenvalue weighted by molar-refractivity contribution is -0.118. The summed E-state index contributed by atoms with van der Waals surface area (Å²) in [6.45, 7) is 2.74. The van der Waals surface area contributed by atoms with Gasteiger partial charge in [-0.1, -0.05) is 25.3 Å². The van der Waals surface area contributed by atoms with E-state index in [-0.39, 0.29) is 41.3 Å². The van der Waals surface area contributed by atoms with Gasteiger partial charge < -0.3 is 30.8 Å². The van der Waals surface area contributed by atoms with Crippen molar-refractivity contribution >= 4 is 34.5 Å². The number of aromatic amines is 1. The highest BCUT2D eigenvalue weighted by Crippen LogP contribution is 2.33. The van der Waals surface area contributed by atoms with Gasteiger partial charge in [0.1, 0.15) is 23.2 Å². The van der Waals surface area contributed by atoms with Crippen molar-refractivity contribution in [2.75, 3.05) is 25.0 Å². The number of ether oxygens (including phenoxy) is 1. The normalized spacial score (nSPS) is 20.4. The van der Waals surface area contributed by atoms with E-state index in [9.17, 15) is 14.4 Å². The van der Waals surface area contributed by atoms with Crippen molar-refractivity contribution in [3.8, 4) is 5.75 Å². The highest BCUT2D eigenvalue weighted by Gasteiger charge is 2.27. The van der Waals surface area contributed by atoms with Crippen molar-refractivity contribution in [3.63, 3.8) is 0 Å². The first kappa shape index (κ1) is 24.7. The predicted molar refractivity (Wildman–Crippen MR) is 136 cm³/mol. The maximum absolute atomic E-state index is 12.5. The third-order valence-electron chi connectivity index (χ3n) is 7.20. The number of rotatable bonds is 4. The lowest BCUT2D eigenvalue weighted by Crippen LogP contribution is -2.38. The molecule has 2 aliphatic heterocycles. The average Bonchev–Trinajstić information content (AvgIpc) is 3.37. The molecule has 6 rings (SSSR count). The van der Waals surface area contributed by atoms with Crippen LogP contribution in [0.3, 0.4) is 0 Å².